The summed E-state index contributed by atoms with van der Waals surface area (Å²) in [7, 11) is 0. The smallest absolute Gasteiger partial charge is 0.123 e. The van der Waals surface area contributed by atoms with Crippen molar-refractivity contribution in [3.05, 3.63) is 35.1 Å². The summed E-state index contributed by atoms with van der Waals surface area (Å²) in [6.45, 7) is 4.42. The number of hydrogen-bond acceptors (Lipinski definition) is 1. The molecule has 1 aromatic carbocycles. The van der Waals surface area contributed by atoms with Crippen LogP contribution in [0, 0.1) is 17.2 Å². The maximum atomic E-state index is 13.1. The van der Waals surface area contributed by atoms with Crippen molar-refractivity contribution < 1.29 is 9.50 Å². The van der Waals surface area contributed by atoms with E-state index in [2.05, 4.69) is 13.8 Å². The van der Waals surface area contributed by atoms with Crippen LogP contribution in [0.5, 0.6) is 0 Å². The standard InChI is InChI=1S/C14H19FO/c1-14(2,9-16)12-5-3-11-8-13(15)6-4-10(11)7-12/h4,6,8,12,16H,3,5,7,9H2,1-2H3. The molecule has 0 aliphatic heterocycles. The molecule has 1 atom stereocenters. The second-order valence-corrected chi connectivity index (χ2v) is 5.50. The lowest BCUT2D eigenvalue weighted by atomic mass is 9.70. The van der Waals surface area contributed by atoms with Gasteiger partial charge in [0.15, 0.2) is 0 Å². The second kappa shape index (κ2) is 4.17. The monoisotopic (exact) mass is 222 g/mol. The molecule has 0 saturated carbocycles. The van der Waals surface area contributed by atoms with Crippen LogP contribution in [-0.4, -0.2) is 11.7 Å². The number of fused-ring (bicyclic) bond motifs is 1. The summed E-state index contributed by atoms with van der Waals surface area (Å²) in [5, 5.41) is 9.38. The number of rotatable bonds is 2. The third kappa shape index (κ3) is 2.12. The van der Waals surface area contributed by atoms with Gasteiger partial charge in [-0.3, -0.25) is 0 Å². The van der Waals surface area contributed by atoms with Gasteiger partial charge in [0.2, 0.25) is 0 Å². The first kappa shape index (κ1) is 11.6. The Labute approximate surface area is 96.3 Å². The van der Waals surface area contributed by atoms with Crippen LogP contribution in [0.4, 0.5) is 4.39 Å². The molecule has 0 radical (unpaired) electrons. The largest absolute Gasteiger partial charge is 0.396 e. The van der Waals surface area contributed by atoms with E-state index in [0.717, 1.165) is 24.8 Å². The molecule has 1 unspecified atom stereocenters. The van der Waals surface area contributed by atoms with Crippen LogP contribution in [-0.2, 0) is 12.8 Å². The van der Waals surface area contributed by atoms with Gasteiger partial charge in [-0.25, -0.2) is 4.39 Å². The van der Waals surface area contributed by atoms with Gasteiger partial charge in [-0.2, -0.15) is 0 Å². The Morgan fingerprint density at radius 2 is 2.12 bits per heavy atom. The molecule has 0 saturated heterocycles. The number of aliphatic hydroxyl groups is 1. The Balaban J connectivity index is 2.21. The summed E-state index contributed by atoms with van der Waals surface area (Å²) in [4.78, 5) is 0. The highest BCUT2D eigenvalue weighted by atomic mass is 19.1. The molecule has 0 heterocycles. The quantitative estimate of drug-likeness (QED) is 0.815. The molecule has 0 spiro atoms. The summed E-state index contributed by atoms with van der Waals surface area (Å²) in [5.74, 6) is 0.356. The third-order valence-corrected chi connectivity index (χ3v) is 3.91. The van der Waals surface area contributed by atoms with Crippen molar-refractivity contribution >= 4 is 0 Å². The van der Waals surface area contributed by atoms with Gasteiger partial charge in [0.1, 0.15) is 5.82 Å². The fourth-order valence-corrected chi connectivity index (χ4v) is 2.52. The molecule has 16 heavy (non-hydrogen) atoms. The fraction of sp³-hybridized carbons (Fsp3) is 0.571. The van der Waals surface area contributed by atoms with Crippen molar-refractivity contribution in [1.82, 2.24) is 0 Å². The molecule has 2 heteroatoms. The SMILES string of the molecule is CC(C)(CO)C1CCc2cc(F)ccc2C1. The molecule has 88 valence electrons. The molecule has 1 aliphatic carbocycles. The van der Waals surface area contributed by atoms with Gasteiger partial charge in [0.25, 0.3) is 0 Å². The average molecular weight is 222 g/mol. The van der Waals surface area contributed by atoms with Gasteiger partial charge in [0, 0.05) is 6.61 Å². The van der Waals surface area contributed by atoms with Gasteiger partial charge in [-0.05, 0) is 53.9 Å². The van der Waals surface area contributed by atoms with Crippen molar-refractivity contribution in [3.8, 4) is 0 Å². The zero-order chi connectivity index (χ0) is 11.8. The van der Waals surface area contributed by atoms with Crippen molar-refractivity contribution in [3.63, 3.8) is 0 Å². The molecule has 0 aromatic heterocycles. The van der Waals surface area contributed by atoms with Crippen molar-refractivity contribution in [2.75, 3.05) is 6.61 Å². The maximum Gasteiger partial charge on any atom is 0.123 e. The fourth-order valence-electron chi connectivity index (χ4n) is 2.52. The lowest BCUT2D eigenvalue weighted by Crippen LogP contribution is -2.32. The van der Waals surface area contributed by atoms with Crippen LogP contribution in [0.25, 0.3) is 0 Å². The number of halogens is 1. The van der Waals surface area contributed by atoms with E-state index in [-0.39, 0.29) is 17.8 Å². The zero-order valence-corrected chi connectivity index (χ0v) is 9.96. The van der Waals surface area contributed by atoms with Crippen LogP contribution in [0.1, 0.15) is 31.4 Å². The number of hydrogen-bond donors (Lipinski definition) is 1. The molecule has 0 bridgehead atoms. The summed E-state index contributed by atoms with van der Waals surface area (Å²) < 4.78 is 13.1. The molecule has 1 aliphatic rings. The minimum absolute atomic E-state index is 0.0356. The lowest BCUT2D eigenvalue weighted by Gasteiger charge is -2.36. The van der Waals surface area contributed by atoms with Crippen LogP contribution < -0.4 is 0 Å². The van der Waals surface area contributed by atoms with E-state index < -0.39 is 0 Å². The number of aryl methyl sites for hydroxylation is 1. The molecule has 1 N–H and O–H groups in total. The second-order valence-electron chi connectivity index (χ2n) is 5.50. The number of benzene rings is 1. The molecule has 0 amide bonds. The Morgan fingerprint density at radius 1 is 1.38 bits per heavy atom. The Hall–Kier alpha value is -0.890. The molecule has 0 fully saturated rings. The van der Waals surface area contributed by atoms with E-state index in [1.807, 2.05) is 6.07 Å². The van der Waals surface area contributed by atoms with E-state index in [9.17, 15) is 9.50 Å². The first-order valence-corrected chi connectivity index (χ1v) is 5.91. The van der Waals surface area contributed by atoms with Gasteiger partial charge in [-0.1, -0.05) is 19.9 Å². The first-order valence-electron chi connectivity index (χ1n) is 5.91. The van der Waals surface area contributed by atoms with Crippen molar-refractivity contribution in [1.29, 1.82) is 0 Å². The summed E-state index contributed by atoms with van der Waals surface area (Å²) in [6, 6.07) is 5.08. The highest BCUT2D eigenvalue weighted by Gasteiger charge is 2.31. The lowest BCUT2D eigenvalue weighted by molar-refractivity contribution is 0.0874. The van der Waals surface area contributed by atoms with Crippen LogP contribution >= 0.6 is 0 Å². The van der Waals surface area contributed by atoms with E-state index in [0.29, 0.717) is 5.92 Å². The first-order chi connectivity index (χ1) is 7.53. The summed E-state index contributed by atoms with van der Waals surface area (Å²) in [6.07, 6.45) is 2.94. The molecule has 1 aromatic rings. The molecular formula is C14H19FO. The predicted octanol–water partition coefficient (Wildman–Crippen LogP) is 2.95. The molecule has 2 rings (SSSR count). The van der Waals surface area contributed by atoms with E-state index in [1.165, 1.54) is 11.6 Å². The highest BCUT2D eigenvalue weighted by Crippen LogP contribution is 2.37. The minimum Gasteiger partial charge on any atom is -0.396 e. The van der Waals surface area contributed by atoms with E-state index >= 15 is 0 Å². The van der Waals surface area contributed by atoms with Crippen molar-refractivity contribution in [2.45, 2.75) is 33.1 Å². The van der Waals surface area contributed by atoms with Crippen LogP contribution in [0.15, 0.2) is 18.2 Å². The van der Waals surface area contributed by atoms with E-state index in [4.69, 9.17) is 0 Å². The van der Waals surface area contributed by atoms with E-state index in [1.54, 1.807) is 6.07 Å². The van der Waals surface area contributed by atoms with Crippen LogP contribution in [0.2, 0.25) is 0 Å². The highest BCUT2D eigenvalue weighted by molar-refractivity contribution is 5.30. The summed E-state index contributed by atoms with van der Waals surface area (Å²) in [5.41, 5.74) is 2.36. The predicted molar refractivity (Wildman–Crippen MR) is 62.8 cm³/mol. The normalized spacial score (nSPS) is 20.6. The van der Waals surface area contributed by atoms with Gasteiger partial charge >= 0.3 is 0 Å². The van der Waals surface area contributed by atoms with Gasteiger partial charge in [-0.15, -0.1) is 0 Å². The maximum absolute atomic E-state index is 13.1. The van der Waals surface area contributed by atoms with Crippen molar-refractivity contribution in [2.24, 2.45) is 11.3 Å². The third-order valence-electron chi connectivity index (χ3n) is 3.91. The summed E-state index contributed by atoms with van der Waals surface area (Å²) >= 11 is 0. The number of aliphatic hydroxyl groups excluding tert-OH is 1. The Morgan fingerprint density at radius 3 is 2.81 bits per heavy atom. The Bertz CT molecular complexity index is 384. The van der Waals surface area contributed by atoms with Gasteiger partial charge < -0.3 is 5.11 Å². The minimum atomic E-state index is -0.140. The molecular weight excluding hydrogens is 203 g/mol. The average Bonchev–Trinajstić information content (AvgIpc) is 2.28. The molecule has 1 nitrogen and oxygen atoms in total. The topological polar surface area (TPSA) is 20.2 Å². The van der Waals surface area contributed by atoms with Gasteiger partial charge in [0.05, 0.1) is 0 Å². The Kier molecular flexibility index (Phi) is 3.02. The van der Waals surface area contributed by atoms with Crippen LogP contribution in [0.3, 0.4) is 0 Å². The zero-order valence-electron chi connectivity index (χ0n) is 9.96.